The molecule has 0 amide bonds. The zero-order chi connectivity index (χ0) is 6.85. The van der Waals surface area contributed by atoms with Gasteiger partial charge in [-0.1, -0.05) is 0 Å². The minimum absolute atomic E-state index is 0. The lowest BCUT2D eigenvalue weighted by molar-refractivity contribution is -0.0170. The fourth-order valence-electron chi connectivity index (χ4n) is 1.10. The summed E-state index contributed by atoms with van der Waals surface area (Å²) in [7, 11) is 0. The third-order valence-corrected chi connectivity index (χ3v) is 1.59. The molecule has 0 aromatic carbocycles. The maximum absolute atomic E-state index is 9.07. The third kappa shape index (κ3) is 1.97. The van der Waals surface area contributed by atoms with Crippen molar-refractivity contribution in [2.75, 3.05) is 6.61 Å². The Balaban J connectivity index is 0.000000810. The van der Waals surface area contributed by atoms with Gasteiger partial charge in [-0.2, -0.15) is 0 Å². The quantitative estimate of drug-likeness (QED) is 0.457. The molecule has 10 heavy (non-hydrogen) atoms. The minimum Gasteiger partial charge on any atom is -0.394 e. The van der Waals surface area contributed by atoms with Crippen molar-refractivity contribution >= 4 is 8.41 Å². The number of aliphatic hydroxyl groups is 2. The Morgan fingerprint density at radius 3 is 2.40 bits per heavy atom. The van der Waals surface area contributed by atoms with Crippen LogP contribution in [-0.2, 0) is 4.74 Å². The third-order valence-electron chi connectivity index (χ3n) is 1.59. The van der Waals surface area contributed by atoms with Gasteiger partial charge in [-0.3, -0.25) is 0 Å². The first-order chi connectivity index (χ1) is 4.24. The van der Waals surface area contributed by atoms with Crippen molar-refractivity contribution in [1.82, 2.24) is 0 Å². The van der Waals surface area contributed by atoms with E-state index in [-0.39, 0.29) is 27.2 Å². The Kier molecular flexibility index (Phi) is 3.94. The molecule has 3 nitrogen and oxygen atoms in total. The van der Waals surface area contributed by atoms with Gasteiger partial charge in [-0.15, -0.1) is 0 Å². The lowest BCUT2D eigenvalue weighted by atomic mass is 10.1. The summed E-state index contributed by atoms with van der Waals surface area (Å²) in [6.45, 7) is 1.81. The second-order valence-corrected chi connectivity index (χ2v) is 2.47. The summed E-state index contributed by atoms with van der Waals surface area (Å²) in [6, 6.07) is 0. The van der Waals surface area contributed by atoms with Crippen LogP contribution in [0.3, 0.4) is 0 Å². The van der Waals surface area contributed by atoms with Crippen LogP contribution in [0, 0.1) is 0 Å². The molecule has 0 bridgehead atoms. The Labute approximate surface area is 62.6 Å². The van der Waals surface area contributed by atoms with Crippen molar-refractivity contribution in [3.05, 3.63) is 0 Å². The number of hydrogen-bond acceptors (Lipinski definition) is 3. The molecule has 1 heterocycles. The van der Waals surface area contributed by atoms with E-state index in [0.717, 1.165) is 0 Å². The molecule has 0 spiro atoms. The van der Waals surface area contributed by atoms with Gasteiger partial charge < -0.3 is 14.9 Å². The predicted octanol–water partition coefficient (Wildman–Crippen LogP) is -1.13. The van der Waals surface area contributed by atoms with Crippen LogP contribution in [0.1, 0.15) is 13.3 Å². The van der Waals surface area contributed by atoms with Gasteiger partial charge >= 0.3 is 0 Å². The molecule has 1 unspecified atom stereocenters. The highest BCUT2D eigenvalue weighted by atomic mass is 16.5. The molecule has 58 valence electrons. The summed E-state index contributed by atoms with van der Waals surface area (Å²) in [6.07, 6.45) is -0.0762. The zero-order valence-electron chi connectivity index (χ0n) is 6.16. The van der Waals surface area contributed by atoms with Crippen LogP contribution in [0.5, 0.6) is 0 Å². The Morgan fingerprint density at radius 1 is 1.60 bits per heavy atom. The van der Waals surface area contributed by atoms with Crippen LogP contribution in [-0.4, -0.2) is 43.5 Å². The highest BCUT2D eigenvalue weighted by Gasteiger charge is 2.30. The molecule has 2 radical (unpaired) electrons. The topological polar surface area (TPSA) is 49.7 Å². The van der Waals surface area contributed by atoms with E-state index in [4.69, 9.17) is 14.9 Å². The van der Waals surface area contributed by atoms with Gasteiger partial charge in [0.15, 0.2) is 0 Å². The Morgan fingerprint density at radius 2 is 2.20 bits per heavy atom. The monoisotopic (exact) mass is 144 g/mol. The molecule has 1 aliphatic rings. The minimum atomic E-state index is -0.468. The lowest BCUT2D eigenvalue weighted by Crippen LogP contribution is -2.24. The SMILES string of the molecule is C[C@H]1CC(O)[C@@H](CO)O1.[BH]. The van der Waals surface area contributed by atoms with Crippen LogP contribution in [0.4, 0.5) is 0 Å². The number of aliphatic hydroxyl groups excluding tert-OH is 2. The van der Waals surface area contributed by atoms with E-state index in [2.05, 4.69) is 0 Å². The highest BCUT2D eigenvalue weighted by molar-refractivity contribution is 5.75. The summed E-state index contributed by atoms with van der Waals surface area (Å²) in [4.78, 5) is 0. The van der Waals surface area contributed by atoms with E-state index in [0.29, 0.717) is 6.42 Å². The van der Waals surface area contributed by atoms with Gasteiger partial charge in [0.1, 0.15) is 6.10 Å². The van der Waals surface area contributed by atoms with Crippen LogP contribution in [0.25, 0.3) is 0 Å². The molecular weight excluding hydrogens is 131 g/mol. The molecule has 0 aliphatic carbocycles. The molecule has 1 fully saturated rings. The van der Waals surface area contributed by atoms with Gasteiger partial charge in [-0.25, -0.2) is 0 Å². The molecule has 4 heteroatoms. The zero-order valence-corrected chi connectivity index (χ0v) is 6.16. The first-order valence-electron chi connectivity index (χ1n) is 3.18. The molecule has 2 N–H and O–H groups in total. The van der Waals surface area contributed by atoms with E-state index in [1.807, 2.05) is 6.92 Å². The van der Waals surface area contributed by atoms with E-state index in [1.165, 1.54) is 0 Å². The molecule has 0 aromatic rings. The largest absolute Gasteiger partial charge is 0.394 e. The molecule has 0 aromatic heterocycles. The van der Waals surface area contributed by atoms with Gasteiger partial charge in [0.2, 0.25) is 0 Å². The molecule has 1 rings (SSSR count). The van der Waals surface area contributed by atoms with Crippen molar-refractivity contribution in [2.24, 2.45) is 0 Å². The highest BCUT2D eigenvalue weighted by Crippen LogP contribution is 2.18. The smallest absolute Gasteiger partial charge is 0.107 e. The Hall–Kier alpha value is -0.0551. The summed E-state index contributed by atoms with van der Waals surface area (Å²) < 4.78 is 5.12. The van der Waals surface area contributed by atoms with Crippen molar-refractivity contribution in [3.8, 4) is 0 Å². The second-order valence-electron chi connectivity index (χ2n) is 2.47. The van der Waals surface area contributed by atoms with Gasteiger partial charge in [0.25, 0.3) is 0 Å². The normalized spacial score (nSPS) is 39.3. The standard InChI is InChI=1S/C6H12O3.BH/c1-4-2-5(8)6(3-7)9-4;/h4-8H,2-3H2,1H3;1H/t4-,5?,6+;/m0./s1. The van der Waals surface area contributed by atoms with Gasteiger partial charge in [0, 0.05) is 14.8 Å². The summed E-state index contributed by atoms with van der Waals surface area (Å²) in [5.41, 5.74) is 0. The second kappa shape index (κ2) is 3.96. The van der Waals surface area contributed by atoms with E-state index in [1.54, 1.807) is 0 Å². The molecule has 0 saturated carbocycles. The van der Waals surface area contributed by atoms with Crippen molar-refractivity contribution in [2.45, 2.75) is 31.7 Å². The first-order valence-corrected chi connectivity index (χ1v) is 3.18. The van der Waals surface area contributed by atoms with Crippen LogP contribution < -0.4 is 0 Å². The molecule has 1 aliphatic heterocycles. The molecule has 1 saturated heterocycles. The number of hydrogen-bond donors (Lipinski definition) is 2. The predicted molar refractivity (Wildman–Crippen MR) is 39.2 cm³/mol. The summed E-state index contributed by atoms with van der Waals surface area (Å²) in [5, 5.41) is 17.6. The van der Waals surface area contributed by atoms with E-state index in [9.17, 15) is 0 Å². The Bertz CT molecular complexity index is 99.0. The van der Waals surface area contributed by atoms with Crippen molar-refractivity contribution < 1.29 is 14.9 Å². The van der Waals surface area contributed by atoms with E-state index < -0.39 is 6.10 Å². The van der Waals surface area contributed by atoms with Crippen molar-refractivity contribution in [3.63, 3.8) is 0 Å². The average molecular weight is 144 g/mol. The molecular formula is C6H13BO3. The fourth-order valence-corrected chi connectivity index (χ4v) is 1.10. The maximum atomic E-state index is 9.07. The van der Waals surface area contributed by atoms with Crippen LogP contribution >= 0.6 is 0 Å². The summed E-state index contributed by atoms with van der Waals surface area (Å²) in [5.74, 6) is 0. The van der Waals surface area contributed by atoms with Crippen molar-refractivity contribution in [1.29, 1.82) is 0 Å². The molecule has 3 atom stereocenters. The van der Waals surface area contributed by atoms with Crippen LogP contribution in [0.2, 0.25) is 0 Å². The average Bonchev–Trinajstić information content (AvgIpc) is 2.10. The van der Waals surface area contributed by atoms with Crippen LogP contribution in [0.15, 0.2) is 0 Å². The first kappa shape index (κ1) is 9.94. The fraction of sp³-hybridized carbons (Fsp3) is 1.00. The maximum Gasteiger partial charge on any atom is 0.107 e. The van der Waals surface area contributed by atoms with Gasteiger partial charge in [-0.05, 0) is 6.92 Å². The number of ether oxygens (including phenoxy) is 1. The summed E-state index contributed by atoms with van der Waals surface area (Å²) >= 11 is 0. The van der Waals surface area contributed by atoms with Gasteiger partial charge in [0.05, 0.1) is 18.8 Å². The van der Waals surface area contributed by atoms with E-state index >= 15 is 0 Å². The lowest BCUT2D eigenvalue weighted by Gasteiger charge is -2.08. The number of rotatable bonds is 1.